The maximum atomic E-state index is 12.3. The Bertz CT molecular complexity index is 1170. The third-order valence-electron chi connectivity index (χ3n) is 6.82. The number of unbranched alkanes of at least 4 members (excludes halogenated alkanes) is 3. The van der Waals surface area contributed by atoms with E-state index < -0.39 is 58.4 Å². The van der Waals surface area contributed by atoms with E-state index >= 15 is 0 Å². The molecule has 0 aromatic rings. The summed E-state index contributed by atoms with van der Waals surface area (Å²) in [6, 6.07) is 0. The van der Waals surface area contributed by atoms with Gasteiger partial charge in [-0.2, -0.15) is 0 Å². The van der Waals surface area contributed by atoms with Crippen molar-refractivity contribution in [1.82, 2.24) is 0 Å². The number of carbonyl (C=O) groups excluding carboxylic acids is 2. The van der Waals surface area contributed by atoms with E-state index in [0.29, 0.717) is 12.8 Å². The van der Waals surface area contributed by atoms with Gasteiger partial charge in [-0.1, -0.05) is 117 Å². The Morgan fingerprint density at radius 3 is 1.37 bits per heavy atom. The van der Waals surface area contributed by atoms with Gasteiger partial charge in [0, 0.05) is 6.42 Å². The van der Waals surface area contributed by atoms with Crippen molar-refractivity contribution in [1.29, 1.82) is 0 Å². The maximum Gasteiger partial charge on any atom is 0.472 e. The molecule has 0 amide bonds. The smallest absolute Gasteiger partial charge is 0.457 e. The summed E-state index contributed by atoms with van der Waals surface area (Å²) in [5.74, 6) is -1.20. The zero-order valence-electron chi connectivity index (χ0n) is 30.8. The van der Waals surface area contributed by atoms with Crippen LogP contribution in [0.15, 0.2) is 97.2 Å². The van der Waals surface area contributed by atoms with Crippen molar-refractivity contribution < 1.29 is 47.8 Å². The SMILES string of the molecule is CC/C=C\C/C=C\C/C=C\C/C=C\C/C=C\CC(=O)OC(CO)COP(=O)(O)OCC(CO)OC(=O)CCCCC/C=C\C/C=C\C/C=C\CC. The van der Waals surface area contributed by atoms with Crippen molar-refractivity contribution in [2.75, 3.05) is 26.4 Å². The number of aliphatic hydroxyl groups excluding tert-OH is 2. The Labute approximate surface area is 306 Å². The molecule has 0 spiro atoms. The van der Waals surface area contributed by atoms with Gasteiger partial charge in [0.05, 0.1) is 32.8 Å². The topological polar surface area (TPSA) is 149 Å². The molecule has 0 bridgehead atoms. The second kappa shape index (κ2) is 35.3. The third-order valence-corrected chi connectivity index (χ3v) is 7.78. The molecule has 0 aliphatic rings. The average Bonchev–Trinajstić information content (AvgIpc) is 3.12. The number of hydrogen-bond acceptors (Lipinski definition) is 9. The van der Waals surface area contributed by atoms with E-state index in [1.54, 1.807) is 6.08 Å². The van der Waals surface area contributed by atoms with Crippen molar-refractivity contribution in [3.05, 3.63) is 97.2 Å². The Balaban J connectivity index is 4.19. The number of esters is 2. The number of allylic oxidation sites excluding steroid dienone is 15. The van der Waals surface area contributed by atoms with Crippen LogP contribution in [-0.2, 0) is 32.7 Å². The lowest BCUT2D eigenvalue weighted by atomic mass is 10.1. The standard InChI is InChI=1S/C40H63O10P/c1-3-5-7-9-11-13-15-17-18-20-22-24-26-28-30-32-40(44)50-38(34-42)36-48-51(45,46)47-35-37(33-41)49-39(43)31-29-27-25-23-21-19-16-14-12-10-8-6-4-2/h5-8,11-14,17-19,21-22,24,28,30,37-38,41-42H,3-4,9-10,15-16,20,23,25-27,29,31-36H2,1-2H3,(H,45,46)/b7-5-,8-6-,13-11-,14-12-,18-17-,21-19-,24-22-,30-28-. The molecule has 3 atom stereocenters. The molecule has 0 aliphatic heterocycles. The summed E-state index contributed by atoms with van der Waals surface area (Å²) in [5.41, 5.74) is 0. The molecule has 0 aromatic carbocycles. The highest BCUT2D eigenvalue weighted by Crippen LogP contribution is 2.43. The number of hydrogen-bond donors (Lipinski definition) is 3. The second-order valence-corrected chi connectivity index (χ2v) is 12.9. The van der Waals surface area contributed by atoms with Gasteiger partial charge in [-0.15, -0.1) is 0 Å². The lowest BCUT2D eigenvalue weighted by molar-refractivity contribution is -0.153. The summed E-state index contributed by atoms with van der Waals surface area (Å²) in [4.78, 5) is 34.3. The first-order valence-electron chi connectivity index (χ1n) is 18.2. The van der Waals surface area contributed by atoms with Gasteiger partial charge in [-0.25, -0.2) is 4.57 Å². The van der Waals surface area contributed by atoms with Crippen LogP contribution in [0, 0.1) is 0 Å². The van der Waals surface area contributed by atoms with Crippen LogP contribution in [0.3, 0.4) is 0 Å². The quantitative estimate of drug-likeness (QED) is 0.0265. The van der Waals surface area contributed by atoms with Crippen molar-refractivity contribution in [2.24, 2.45) is 0 Å². The molecular weight excluding hydrogens is 671 g/mol. The van der Waals surface area contributed by atoms with E-state index in [9.17, 15) is 29.3 Å². The number of phosphoric acid groups is 1. The first-order chi connectivity index (χ1) is 24.8. The van der Waals surface area contributed by atoms with E-state index in [4.69, 9.17) is 18.5 Å². The molecule has 51 heavy (non-hydrogen) atoms. The van der Waals surface area contributed by atoms with Crippen LogP contribution >= 0.6 is 7.82 Å². The molecule has 0 heterocycles. The monoisotopic (exact) mass is 734 g/mol. The molecule has 0 aliphatic carbocycles. The summed E-state index contributed by atoms with van der Waals surface area (Å²) in [5, 5.41) is 19.0. The van der Waals surface area contributed by atoms with Crippen molar-refractivity contribution in [3.8, 4) is 0 Å². The van der Waals surface area contributed by atoms with Crippen LogP contribution in [0.4, 0.5) is 0 Å². The third kappa shape index (κ3) is 33.8. The molecule has 3 N–H and O–H groups in total. The fraction of sp³-hybridized carbons (Fsp3) is 0.550. The lowest BCUT2D eigenvalue weighted by Gasteiger charge is -2.20. The largest absolute Gasteiger partial charge is 0.472 e. The lowest BCUT2D eigenvalue weighted by Crippen LogP contribution is -2.28. The van der Waals surface area contributed by atoms with E-state index in [0.717, 1.165) is 64.2 Å². The molecule has 0 saturated heterocycles. The van der Waals surface area contributed by atoms with Gasteiger partial charge in [-0.3, -0.25) is 18.6 Å². The molecule has 288 valence electrons. The highest BCUT2D eigenvalue weighted by Gasteiger charge is 2.27. The van der Waals surface area contributed by atoms with E-state index in [1.807, 2.05) is 18.2 Å². The van der Waals surface area contributed by atoms with Crippen LogP contribution in [0.2, 0.25) is 0 Å². The summed E-state index contributed by atoms with van der Waals surface area (Å²) in [6.07, 6.45) is 41.4. The predicted molar refractivity (Wildman–Crippen MR) is 205 cm³/mol. The highest BCUT2D eigenvalue weighted by molar-refractivity contribution is 7.47. The summed E-state index contributed by atoms with van der Waals surface area (Å²) < 4.78 is 32.2. The Kier molecular flexibility index (Phi) is 33.1. The van der Waals surface area contributed by atoms with Gasteiger partial charge in [0.15, 0.2) is 0 Å². The minimum atomic E-state index is -4.67. The second-order valence-electron chi connectivity index (χ2n) is 11.5. The zero-order valence-corrected chi connectivity index (χ0v) is 31.7. The van der Waals surface area contributed by atoms with Gasteiger partial charge in [0.25, 0.3) is 0 Å². The van der Waals surface area contributed by atoms with Crippen molar-refractivity contribution in [3.63, 3.8) is 0 Å². The number of phosphoric ester groups is 1. The number of ether oxygens (including phenoxy) is 2. The normalized spacial score (nSPS) is 15.2. The first-order valence-corrected chi connectivity index (χ1v) is 19.7. The van der Waals surface area contributed by atoms with E-state index in [2.05, 4.69) is 86.8 Å². The molecule has 10 nitrogen and oxygen atoms in total. The molecule has 11 heteroatoms. The van der Waals surface area contributed by atoms with Crippen LogP contribution in [0.25, 0.3) is 0 Å². The highest BCUT2D eigenvalue weighted by atomic mass is 31.2. The van der Waals surface area contributed by atoms with Crippen LogP contribution in [0.1, 0.15) is 104 Å². The number of carbonyl (C=O) groups is 2. The minimum absolute atomic E-state index is 0.0483. The molecular formula is C40H63O10P. The zero-order chi connectivity index (χ0) is 37.7. The van der Waals surface area contributed by atoms with Crippen molar-refractivity contribution >= 4 is 19.8 Å². The predicted octanol–water partition coefficient (Wildman–Crippen LogP) is 8.88. The minimum Gasteiger partial charge on any atom is -0.457 e. The van der Waals surface area contributed by atoms with Crippen LogP contribution < -0.4 is 0 Å². The Hall–Kier alpha value is -3.11. The molecule has 0 rings (SSSR count). The molecule has 0 fully saturated rings. The van der Waals surface area contributed by atoms with Gasteiger partial charge in [-0.05, 0) is 70.6 Å². The van der Waals surface area contributed by atoms with E-state index in [1.165, 1.54) is 0 Å². The molecule has 0 saturated carbocycles. The van der Waals surface area contributed by atoms with Crippen LogP contribution in [0.5, 0.6) is 0 Å². The average molecular weight is 735 g/mol. The van der Waals surface area contributed by atoms with Gasteiger partial charge in [0.2, 0.25) is 0 Å². The maximum absolute atomic E-state index is 12.3. The van der Waals surface area contributed by atoms with Gasteiger partial charge in [0.1, 0.15) is 12.2 Å². The fourth-order valence-corrected chi connectivity index (χ4v) is 4.87. The van der Waals surface area contributed by atoms with Gasteiger partial charge < -0.3 is 24.6 Å². The Morgan fingerprint density at radius 1 is 0.549 bits per heavy atom. The summed E-state index contributed by atoms with van der Waals surface area (Å²) in [6.45, 7) is 1.78. The Morgan fingerprint density at radius 2 is 0.941 bits per heavy atom. The number of rotatable bonds is 32. The fourth-order valence-electron chi connectivity index (χ4n) is 4.08. The molecule has 0 radical (unpaired) electrons. The summed E-state index contributed by atoms with van der Waals surface area (Å²) >= 11 is 0. The molecule has 3 unspecified atom stereocenters. The number of aliphatic hydroxyl groups is 2. The van der Waals surface area contributed by atoms with E-state index in [-0.39, 0.29) is 12.8 Å². The van der Waals surface area contributed by atoms with Crippen molar-refractivity contribution in [2.45, 2.75) is 116 Å². The molecule has 0 aromatic heterocycles. The summed E-state index contributed by atoms with van der Waals surface area (Å²) in [7, 11) is -4.67. The first kappa shape index (κ1) is 47.9. The van der Waals surface area contributed by atoms with Gasteiger partial charge >= 0.3 is 19.8 Å². The van der Waals surface area contributed by atoms with Crippen LogP contribution in [-0.4, -0.2) is 65.7 Å².